The topological polar surface area (TPSA) is 75.4 Å². The minimum atomic E-state index is -3.66. The fourth-order valence-corrected chi connectivity index (χ4v) is 3.66. The van der Waals surface area contributed by atoms with E-state index >= 15 is 0 Å². The van der Waals surface area contributed by atoms with Gasteiger partial charge in [0.25, 0.3) is 0 Å². The van der Waals surface area contributed by atoms with Gasteiger partial charge >= 0.3 is 0 Å². The maximum Gasteiger partial charge on any atom is 0.238 e. The Labute approximate surface area is 127 Å². The predicted octanol–water partition coefficient (Wildman–Crippen LogP) is 1.93. The number of anilines is 1. The van der Waals surface area contributed by atoms with Gasteiger partial charge in [-0.3, -0.25) is 0 Å². The van der Waals surface area contributed by atoms with Crippen molar-refractivity contribution in [1.29, 1.82) is 0 Å². The number of likely N-dealkylation sites (tertiary alicyclic amines) is 1. The first-order chi connectivity index (χ1) is 9.90. The summed E-state index contributed by atoms with van der Waals surface area (Å²) >= 11 is 0. The van der Waals surface area contributed by atoms with Crippen LogP contribution in [0.2, 0.25) is 0 Å². The Balaban J connectivity index is 2.01. The van der Waals surface area contributed by atoms with E-state index in [1.807, 2.05) is 6.07 Å². The van der Waals surface area contributed by atoms with Gasteiger partial charge in [0.1, 0.15) is 0 Å². The summed E-state index contributed by atoms with van der Waals surface area (Å²) in [6, 6.07) is 5.76. The van der Waals surface area contributed by atoms with Crippen LogP contribution in [0.5, 0.6) is 0 Å². The maximum atomic E-state index is 11.6. The second-order valence-corrected chi connectivity index (χ2v) is 7.32. The summed E-state index contributed by atoms with van der Waals surface area (Å²) < 4.78 is 23.1. The van der Waals surface area contributed by atoms with E-state index in [-0.39, 0.29) is 4.90 Å². The second-order valence-electron chi connectivity index (χ2n) is 5.79. The van der Waals surface area contributed by atoms with Crippen LogP contribution < -0.4 is 10.5 Å². The van der Waals surface area contributed by atoms with Gasteiger partial charge in [0.2, 0.25) is 10.0 Å². The molecule has 1 saturated heterocycles. The Kier molecular flexibility index (Phi) is 5.24. The highest BCUT2D eigenvalue weighted by Gasteiger charge is 2.19. The molecule has 1 aliphatic heterocycles. The molecular formula is C15H25N3O2S. The highest BCUT2D eigenvalue weighted by atomic mass is 32.2. The maximum absolute atomic E-state index is 11.6. The van der Waals surface area contributed by atoms with Crippen LogP contribution in [-0.2, 0) is 10.0 Å². The van der Waals surface area contributed by atoms with Crippen LogP contribution in [0.1, 0.15) is 31.7 Å². The number of aryl methyl sites for hydroxylation is 1. The van der Waals surface area contributed by atoms with Gasteiger partial charge in [-0.1, -0.05) is 13.0 Å². The monoisotopic (exact) mass is 311 g/mol. The summed E-state index contributed by atoms with van der Waals surface area (Å²) in [6.45, 7) is 7.31. The summed E-state index contributed by atoms with van der Waals surface area (Å²) in [6.07, 6.45) is 3.35. The van der Waals surface area contributed by atoms with Crippen molar-refractivity contribution in [2.45, 2.75) is 44.0 Å². The van der Waals surface area contributed by atoms with Crippen molar-refractivity contribution in [3.8, 4) is 0 Å². The molecule has 1 aromatic carbocycles. The summed E-state index contributed by atoms with van der Waals surface area (Å²) in [5.41, 5.74) is 1.51. The number of piperidine rings is 1. The summed E-state index contributed by atoms with van der Waals surface area (Å²) in [5, 5.41) is 8.69. The molecule has 1 aromatic rings. The summed E-state index contributed by atoms with van der Waals surface area (Å²) in [4.78, 5) is 2.68. The first-order valence-electron chi connectivity index (χ1n) is 7.52. The number of hydrogen-bond acceptors (Lipinski definition) is 4. The van der Waals surface area contributed by atoms with E-state index in [1.54, 1.807) is 19.1 Å². The first-order valence-corrected chi connectivity index (χ1v) is 9.07. The molecule has 0 aromatic heterocycles. The zero-order chi connectivity index (χ0) is 15.5. The number of primary sulfonamides is 1. The number of nitrogens with one attached hydrogen (secondary N) is 1. The van der Waals surface area contributed by atoms with Gasteiger partial charge in [0, 0.05) is 24.8 Å². The lowest BCUT2D eigenvalue weighted by atomic mass is 10.0. The van der Waals surface area contributed by atoms with E-state index in [0.717, 1.165) is 38.2 Å². The minimum absolute atomic E-state index is 0.205. The smallest absolute Gasteiger partial charge is 0.238 e. The molecule has 0 saturated carbocycles. The van der Waals surface area contributed by atoms with E-state index < -0.39 is 10.0 Å². The molecule has 1 heterocycles. The van der Waals surface area contributed by atoms with E-state index in [4.69, 9.17) is 5.14 Å². The fraction of sp³-hybridized carbons (Fsp3) is 0.600. The largest absolute Gasteiger partial charge is 0.382 e. The van der Waals surface area contributed by atoms with Crippen molar-refractivity contribution in [3.63, 3.8) is 0 Å². The molecule has 0 radical (unpaired) electrons. The SMILES string of the molecule is CCCN1CCC(Nc2ccc(C)c(S(N)(=O)=O)c2)CC1. The van der Waals surface area contributed by atoms with Gasteiger partial charge < -0.3 is 10.2 Å². The van der Waals surface area contributed by atoms with Crippen LogP contribution >= 0.6 is 0 Å². The molecule has 0 amide bonds. The molecule has 3 N–H and O–H groups in total. The van der Waals surface area contributed by atoms with Crippen molar-refractivity contribution >= 4 is 15.7 Å². The molecule has 0 bridgehead atoms. The average molecular weight is 311 g/mol. The third kappa shape index (κ3) is 4.43. The van der Waals surface area contributed by atoms with Gasteiger partial charge in [-0.15, -0.1) is 0 Å². The molecule has 1 aliphatic rings. The summed E-state index contributed by atoms with van der Waals surface area (Å²) in [5.74, 6) is 0. The number of nitrogens with zero attached hydrogens (tertiary/aromatic N) is 1. The Morgan fingerprint density at radius 1 is 1.33 bits per heavy atom. The normalized spacial score (nSPS) is 17.9. The zero-order valence-corrected chi connectivity index (χ0v) is 13.6. The number of rotatable bonds is 5. The molecular weight excluding hydrogens is 286 g/mol. The van der Waals surface area contributed by atoms with Crippen LogP contribution in [-0.4, -0.2) is 39.0 Å². The average Bonchev–Trinajstić information content (AvgIpc) is 2.42. The van der Waals surface area contributed by atoms with E-state index in [0.29, 0.717) is 11.6 Å². The second kappa shape index (κ2) is 6.77. The first kappa shape index (κ1) is 16.3. The van der Waals surface area contributed by atoms with E-state index in [2.05, 4.69) is 17.1 Å². The van der Waals surface area contributed by atoms with Gasteiger partial charge in [-0.05, 0) is 50.4 Å². The standard InChI is InChI=1S/C15H25N3O2S/c1-3-8-18-9-6-13(7-10-18)17-14-5-4-12(2)15(11-14)21(16,19)20/h4-5,11,13,17H,3,6-10H2,1-2H3,(H2,16,19,20). The van der Waals surface area contributed by atoms with Crippen molar-refractivity contribution < 1.29 is 8.42 Å². The molecule has 0 atom stereocenters. The number of benzene rings is 1. The van der Waals surface area contributed by atoms with Crippen LogP contribution in [0.25, 0.3) is 0 Å². The Bertz CT molecular complexity index is 579. The number of nitrogens with two attached hydrogens (primary N) is 1. The van der Waals surface area contributed by atoms with Gasteiger partial charge in [0.05, 0.1) is 4.90 Å². The van der Waals surface area contributed by atoms with Crippen LogP contribution in [0, 0.1) is 6.92 Å². The quantitative estimate of drug-likeness (QED) is 0.871. The molecule has 0 spiro atoms. The summed E-state index contributed by atoms with van der Waals surface area (Å²) in [7, 11) is -3.66. The number of hydrogen-bond donors (Lipinski definition) is 2. The third-order valence-corrected chi connectivity index (χ3v) is 5.05. The lowest BCUT2D eigenvalue weighted by molar-refractivity contribution is 0.219. The van der Waals surface area contributed by atoms with Crippen LogP contribution in [0.4, 0.5) is 5.69 Å². The molecule has 0 aliphatic carbocycles. The van der Waals surface area contributed by atoms with Crippen molar-refractivity contribution in [1.82, 2.24) is 4.90 Å². The zero-order valence-electron chi connectivity index (χ0n) is 12.8. The van der Waals surface area contributed by atoms with Crippen LogP contribution in [0.3, 0.4) is 0 Å². The predicted molar refractivity (Wildman–Crippen MR) is 85.9 cm³/mol. The van der Waals surface area contributed by atoms with Gasteiger partial charge in [-0.25, -0.2) is 13.6 Å². The highest BCUT2D eigenvalue weighted by molar-refractivity contribution is 7.89. The molecule has 21 heavy (non-hydrogen) atoms. The molecule has 0 unspecified atom stereocenters. The Hall–Kier alpha value is -1.11. The molecule has 2 rings (SSSR count). The lowest BCUT2D eigenvalue weighted by Gasteiger charge is -2.32. The molecule has 118 valence electrons. The van der Waals surface area contributed by atoms with Gasteiger partial charge in [-0.2, -0.15) is 0 Å². The van der Waals surface area contributed by atoms with Gasteiger partial charge in [0.15, 0.2) is 0 Å². The van der Waals surface area contributed by atoms with Crippen molar-refractivity contribution in [2.75, 3.05) is 25.0 Å². The van der Waals surface area contributed by atoms with E-state index in [9.17, 15) is 8.42 Å². The molecule has 6 heteroatoms. The van der Waals surface area contributed by atoms with Crippen molar-refractivity contribution in [2.24, 2.45) is 5.14 Å². The fourth-order valence-electron chi connectivity index (χ4n) is 2.85. The Morgan fingerprint density at radius 3 is 2.57 bits per heavy atom. The van der Waals surface area contributed by atoms with E-state index in [1.165, 1.54) is 6.42 Å². The minimum Gasteiger partial charge on any atom is -0.382 e. The molecule has 5 nitrogen and oxygen atoms in total. The third-order valence-electron chi connectivity index (χ3n) is 3.99. The molecule has 1 fully saturated rings. The van der Waals surface area contributed by atoms with Crippen molar-refractivity contribution in [3.05, 3.63) is 23.8 Å². The Morgan fingerprint density at radius 2 is 2.00 bits per heavy atom. The van der Waals surface area contributed by atoms with Crippen LogP contribution in [0.15, 0.2) is 23.1 Å². The lowest BCUT2D eigenvalue weighted by Crippen LogP contribution is -2.39. The highest BCUT2D eigenvalue weighted by Crippen LogP contribution is 2.22. The number of sulfonamides is 1.